The summed E-state index contributed by atoms with van der Waals surface area (Å²) in [5, 5.41) is 2.49. The number of amides is 1. The molecule has 1 aliphatic heterocycles. The van der Waals surface area contributed by atoms with Gasteiger partial charge in [0.15, 0.2) is 6.10 Å². The normalized spacial score (nSPS) is 17.0. The van der Waals surface area contributed by atoms with Crippen LogP contribution in [0.2, 0.25) is 0 Å². The minimum atomic E-state index is -3.53. The maximum atomic E-state index is 13.9. The highest BCUT2D eigenvalue weighted by Gasteiger charge is 2.31. The van der Waals surface area contributed by atoms with Gasteiger partial charge in [0.25, 0.3) is 5.91 Å². The number of anilines is 2. The Morgan fingerprint density at radius 2 is 2.04 bits per heavy atom. The highest BCUT2D eigenvalue weighted by atomic mass is 79.9. The Morgan fingerprint density at radius 3 is 2.73 bits per heavy atom. The smallest absolute Gasteiger partial charge is 0.265 e. The number of rotatable bonds is 3. The first kappa shape index (κ1) is 18.7. The third-order valence-electron chi connectivity index (χ3n) is 3.88. The highest BCUT2D eigenvalue weighted by Crippen LogP contribution is 2.34. The van der Waals surface area contributed by atoms with Gasteiger partial charge in [0.2, 0.25) is 10.0 Å². The first-order valence-corrected chi connectivity index (χ1v) is 10.4. The van der Waals surface area contributed by atoms with E-state index >= 15 is 0 Å². The lowest BCUT2D eigenvalue weighted by atomic mass is 10.2. The molecule has 6 nitrogen and oxygen atoms in total. The van der Waals surface area contributed by atoms with Gasteiger partial charge in [-0.25, -0.2) is 12.8 Å². The molecule has 0 aromatic heterocycles. The van der Waals surface area contributed by atoms with Crippen LogP contribution >= 0.6 is 15.9 Å². The third kappa shape index (κ3) is 3.99. The van der Waals surface area contributed by atoms with Gasteiger partial charge in [0.1, 0.15) is 11.6 Å². The Kier molecular flexibility index (Phi) is 5.19. The Bertz CT molecular complexity index is 952. The number of halogens is 2. The molecule has 2 aromatic rings. The van der Waals surface area contributed by atoms with E-state index in [0.29, 0.717) is 10.2 Å². The minimum Gasteiger partial charge on any atom is -0.478 e. The Balaban J connectivity index is 1.85. The van der Waals surface area contributed by atoms with Crippen LogP contribution in [0.5, 0.6) is 5.75 Å². The standard InChI is InChI=1S/C17H16BrFN2O4S/c1-26(23,24)21-9-8-16(25-15-5-3-2-4-14(15)21)17(22)20-13-7-6-11(18)10-12(13)19/h2-7,10,16H,8-9H2,1H3,(H,20,22)/t16-/m0/s1. The molecule has 138 valence electrons. The number of sulfonamides is 1. The Morgan fingerprint density at radius 1 is 1.31 bits per heavy atom. The van der Waals surface area contributed by atoms with Crippen LogP contribution in [0.4, 0.5) is 15.8 Å². The molecular formula is C17H16BrFN2O4S. The van der Waals surface area contributed by atoms with Crippen molar-refractivity contribution in [3.05, 3.63) is 52.8 Å². The lowest BCUT2D eigenvalue weighted by Crippen LogP contribution is -2.36. The van der Waals surface area contributed by atoms with Gasteiger partial charge in [-0.1, -0.05) is 28.1 Å². The Labute approximate surface area is 159 Å². The molecule has 2 aromatic carbocycles. The van der Waals surface area contributed by atoms with Crippen LogP contribution in [0.15, 0.2) is 46.9 Å². The lowest BCUT2D eigenvalue weighted by Gasteiger charge is -2.20. The van der Waals surface area contributed by atoms with Gasteiger partial charge in [-0.15, -0.1) is 0 Å². The maximum absolute atomic E-state index is 13.9. The van der Waals surface area contributed by atoms with Crippen molar-refractivity contribution < 1.29 is 22.3 Å². The number of carbonyl (C=O) groups is 1. The molecular weight excluding hydrogens is 427 g/mol. The van der Waals surface area contributed by atoms with Gasteiger partial charge in [-0.2, -0.15) is 0 Å². The first-order chi connectivity index (χ1) is 12.3. The topological polar surface area (TPSA) is 75.7 Å². The highest BCUT2D eigenvalue weighted by molar-refractivity contribution is 9.10. The van der Waals surface area contributed by atoms with Gasteiger partial charge < -0.3 is 10.1 Å². The summed E-state index contributed by atoms with van der Waals surface area (Å²) < 4.78 is 45.6. The van der Waals surface area contributed by atoms with E-state index in [4.69, 9.17) is 4.74 Å². The molecule has 1 amide bonds. The van der Waals surface area contributed by atoms with Crippen molar-refractivity contribution in [2.75, 3.05) is 22.4 Å². The van der Waals surface area contributed by atoms with Crippen LogP contribution in [0.25, 0.3) is 0 Å². The summed E-state index contributed by atoms with van der Waals surface area (Å²) >= 11 is 3.15. The molecule has 3 rings (SSSR count). The second kappa shape index (κ2) is 7.24. The second-order valence-electron chi connectivity index (χ2n) is 5.81. The van der Waals surface area contributed by atoms with Gasteiger partial charge in [0, 0.05) is 17.4 Å². The summed E-state index contributed by atoms with van der Waals surface area (Å²) in [4.78, 5) is 12.5. The van der Waals surface area contributed by atoms with Crippen molar-refractivity contribution in [1.82, 2.24) is 0 Å². The van der Waals surface area contributed by atoms with Crippen LogP contribution in [-0.4, -0.2) is 33.2 Å². The number of nitrogens with zero attached hydrogens (tertiary/aromatic N) is 1. The summed E-state index contributed by atoms with van der Waals surface area (Å²) in [6.45, 7) is 0.0801. The average molecular weight is 443 g/mol. The number of ether oxygens (including phenoxy) is 1. The first-order valence-electron chi connectivity index (χ1n) is 7.75. The number of para-hydroxylation sites is 2. The van der Waals surface area contributed by atoms with Crippen molar-refractivity contribution in [1.29, 1.82) is 0 Å². The van der Waals surface area contributed by atoms with Gasteiger partial charge >= 0.3 is 0 Å². The van der Waals surface area contributed by atoms with E-state index in [1.807, 2.05) is 0 Å². The predicted molar refractivity (Wildman–Crippen MR) is 100 cm³/mol. The number of fused-ring (bicyclic) bond motifs is 1. The molecule has 0 saturated carbocycles. The van der Waals surface area contributed by atoms with Gasteiger partial charge in [-0.3, -0.25) is 9.10 Å². The number of benzene rings is 2. The second-order valence-corrected chi connectivity index (χ2v) is 8.63. The van der Waals surface area contributed by atoms with Gasteiger partial charge in [0.05, 0.1) is 17.6 Å². The third-order valence-corrected chi connectivity index (χ3v) is 5.55. The molecule has 0 aliphatic carbocycles. The van der Waals surface area contributed by atoms with E-state index in [-0.39, 0.29) is 24.4 Å². The largest absolute Gasteiger partial charge is 0.478 e. The molecule has 0 radical (unpaired) electrons. The molecule has 1 aliphatic rings. The van der Waals surface area contributed by atoms with E-state index in [9.17, 15) is 17.6 Å². The van der Waals surface area contributed by atoms with Crippen molar-refractivity contribution in [2.24, 2.45) is 0 Å². The minimum absolute atomic E-state index is 0.0271. The summed E-state index contributed by atoms with van der Waals surface area (Å²) in [5.41, 5.74) is 0.402. The zero-order chi connectivity index (χ0) is 18.9. The monoisotopic (exact) mass is 442 g/mol. The van der Waals surface area contributed by atoms with Crippen molar-refractivity contribution in [2.45, 2.75) is 12.5 Å². The molecule has 1 heterocycles. The summed E-state index contributed by atoms with van der Waals surface area (Å²) in [5.74, 6) is -0.845. The van der Waals surface area contributed by atoms with E-state index < -0.39 is 27.9 Å². The zero-order valence-electron chi connectivity index (χ0n) is 13.8. The molecule has 0 spiro atoms. The number of hydrogen-bond donors (Lipinski definition) is 1. The Hall–Kier alpha value is -2.13. The summed E-state index contributed by atoms with van der Waals surface area (Å²) in [6, 6.07) is 10.9. The van der Waals surface area contributed by atoms with Crippen molar-refractivity contribution in [3.63, 3.8) is 0 Å². The fourth-order valence-corrected chi connectivity index (χ4v) is 3.94. The fraction of sp³-hybridized carbons (Fsp3) is 0.235. The lowest BCUT2D eigenvalue weighted by molar-refractivity contribution is -0.122. The molecule has 0 saturated heterocycles. The van der Waals surface area contributed by atoms with Crippen LogP contribution in [0, 0.1) is 5.82 Å². The average Bonchev–Trinajstić information content (AvgIpc) is 2.76. The molecule has 0 unspecified atom stereocenters. The molecule has 9 heteroatoms. The summed E-state index contributed by atoms with van der Waals surface area (Å²) in [7, 11) is -3.53. The van der Waals surface area contributed by atoms with Crippen LogP contribution in [0.1, 0.15) is 6.42 Å². The molecule has 0 bridgehead atoms. The maximum Gasteiger partial charge on any atom is 0.265 e. The number of nitrogens with one attached hydrogen (secondary N) is 1. The number of carbonyl (C=O) groups excluding carboxylic acids is 1. The van der Waals surface area contributed by atoms with Crippen LogP contribution in [0.3, 0.4) is 0 Å². The predicted octanol–water partition coefficient (Wildman–Crippen LogP) is 3.14. The zero-order valence-corrected chi connectivity index (χ0v) is 16.2. The van der Waals surface area contributed by atoms with Gasteiger partial charge in [-0.05, 0) is 30.3 Å². The summed E-state index contributed by atoms with van der Waals surface area (Å²) in [6.07, 6.45) is 0.276. The van der Waals surface area contributed by atoms with E-state index in [1.54, 1.807) is 30.3 Å². The van der Waals surface area contributed by atoms with Crippen molar-refractivity contribution in [3.8, 4) is 5.75 Å². The van der Waals surface area contributed by atoms with E-state index in [2.05, 4.69) is 21.2 Å². The molecule has 1 N–H and O–H groups in total. The van der Waals surface area contributed by atoms with Crippen LogP contribution < -0.4 is 14.4 Å². The van der Waals surface area contributed by atoms with E-state index in [0.717, 1.165) is 6.26 Å². The SMILES string of the molecule is CS(=O)(=O)N1CC[C@@H](C(=O)Nc2ccc(Br)cc2F)Oc2ccccc21. The molecule has 26 heavy (non-hydrogen) atoms. The molecule has 0 fully saturated rings. The van der Waals surface area contributed by atoms with Crippen LogP contribution in [-0.2, 0) is 14.8 Å². The molecule has 1 atom stereocenters. The quantitative estimate of drug-likeness (QED) is 0.791. The van der Waals surface area contributed by atoms with Crippen molar-refractivity contribution >= 4 is 43.2 Å². The number of hydrogen-bond acceptors (Lipinski definition) is 4. The fourth-order valence-electron chi connectivity index (χ4n) is 2.66. The van der Waals surface area contributed by atoms with E-state index in [1.165, 1.54) is 16.4 Å².